The van der Waals surface area contributed by atoms with Crippen LogP contribution in [0.25, 0.3) is 11.8 Å². The van der Waals surface area contributed by atoms with Gasteiger partial charge in [0.15, 0.2) is 0 Å². The average molecular weight is 301 g/mol. The number of methoxy groups -OCH3 is 1. The van der Waals surface area contributed by atoms with Crippen molar-refractivity contribution in [3.8, 4) is 5.69 Å². The molecule has 1 aromatic carbocycles. The van der Waals surface area contributed by atoms with Crippen molar-refractivity contribution in [3.63, 3.8) is 0 Å². The Morgan fingerprint density at radius 3 is 2.95 bits per heavy atom. The summed E-state index contributed by atoms with van der Waals surface area (Å²) in [6.45, 7) is 0.341. The van der Waals surface area contributed by atoms with Crippen LogP contribution in [-0.4, -0.2) is 47.2 Å². The lowest BCUT2D eigenvalue weighted by Gasteiger charge is -2.08. The van der Waals surface area contributed by atoms with E-state index in [1.807, 2.05) is 36.5 Å². The first-order valence-electron chi connectivity index (χ1n) is 6.92. The number of nitrogens with one attached hydrogen (secondary N) is 1. The number of rotatable bonds is 7. The first-order chi connectivity index (χ1) is 10.7. The first-order valence-corrected chi connectivity index (χ1v) is 6.92. The van der Waals surface area contributed by atoms with Crippen molar-refractivity contribution in [2.75, 3.05) is 20.3 Å². The van der Waals surface area contributed by atoms with Crippen LogP contribution in [0.4, 0.5) is 0 Å². The van der Waals surface area contributed by atoms with Crippen molar-refractivity contribution in [1.29, 1.82) is 0 Å². The van der Waals surface area contributed by atoms with Gasteiger partial charge < -0.3 is 15.2 Å². The van der Waals surface area contributed by atoms with Gasteiger partial charge in [0.2, 0.25) is 5.91 Å². The van der Waals surface area contributed by atoms with Gasteiger partial charge in [-0.25, -0.2) is 4.68 Å². The van der Waals surface area contributed by atoms with Gasteiger partial charge in [-0.15, -0.1) is 0 Å². The fourth-order valence-electron chi connectivity index (χ4n) is 1.85. The maximum Gasteiger partial charge on any atom is 0.244 e. The Bertz CT molecular complexity index is 623. The van der Waals surface area contributed by atoms with Crippen molar-refractivity contribution < 1.29 is 14.6 Å². The first kappa shape index (κ1) is 15.9. The summed E-state index contributed by atoms with van der Waals surface area (Å²) in [5, 5.41) is 16.3. The number of aliphatic hydroxyl groups is 1. The van der Waals surface area contributed by atoms with E-state index in [0.717, 1.165) is 11.3 Å². The molecule has 2 N–H and O–H groups in total. The second-order valence-electron chi connectivity index (χ2n) is 4.74. The molecule has 0 fully saturated rings. The van der Waals surface area contributed by atoms with Crippen LogP contribution >= 0.6 is 0 Å². The Labute approximate surface area is 129 Å². The molecule has 0 bridgehead atoms. The second-order valence-corrected chi connectivity index (χ2v) is 4.74. The summed E-state index contributed by atoms with van der Waals surface area (Å²) in [7, 11) is 1.50. The lowest BCUT2D eigenvalue weighted by atomic mass is 10.3. The minimum atomic E-state index is -0.705. The van der Waals surface area contributed by atoms with Gasteiger partial charge in [0.25, 0.3) is 0 Å². The van der Waals surface area contributed by atoms with Crippen molar-refractivity contribution >= 4 is 12.0 Å². The number of ether oxygens (including phenoxy) is 1. The summed E-state index contributed by atoms with van der Waals surface area (Å²) >= 11 is 0. The van der Waals surface area contributed by atoms with Crippen LogP contribution in [0.2, 0.25) is 0 Å². The zero-order valence-corrected chi connectivity index (χ0v) is 12.3. The second kappa shape index (κ2) is 8.11. The molecular weight excluding hydrogens is 282 g/mol. The molecule has 1 atom stereocenters. The lowest BCUT2D eigenvalue weighted by Crippen LogP contribution is -2.33. The van der Waals surface area contributed by atoms with E-state index in [1.165, 1.54) is 13.2 Å². The number of carbonyl (C=O) groups excluding carboxylic acids is 1. The van der Waals surface area contributed by atoms with Gasteiger partial charge in [-0.3, -0.25) is 4.79 Å². The number of hydrogen-bond donors (Lipinski definition) is 2. The summed E-state index contributed by atoms with van der Waals surface area (Å²) in [5.74, 6) is -0.275. The molecule has 2 rings (SSSR count). The molecule has 6 nitrogen and oxygen atoms in total. The molecule has 22 heavy (non-hydrogen) atoms. The highest BCUT2D eigenvalue weighted by Crippen LogP contribution is 2.08. The van der Waals surface area contributed by atoms with E-state index in [9.17, 15) is 9.90 Å². The summed E-state index contributed by atoms with van der Waals surface area (Å²) in [6, 6.07) is 9.71. The Morgan fingerprint density at radius 1 is 1.45 bits per heavy atom. The maximum atomic E-state index is 11.6. The normalized spacial score (nSPS) is 12.5. The molecule has 0 saturated carbocycles. The highest BCUT2D eigenvalue weighted by atomic mass is 16.5. The van der Waals surface area contributed by atoms with Crippen LogP contribution < -0.4 is 5.32 Å². The van der Waals surface area contributed by atoms with Crippen molar-refractivity contribution in [3.05, 3.63) is 54.4 Å². The Morgan fingerprint density at radius 2 is 2.23 bits per heavy atom. The summed E-state index contributed by atoms with van der Waals surface area (Å²) in [6.07, 6.45) is 5.88. The average Bonchev–Trinajstić information content (AvgIpc) is 3.01. The largest absolute Gasteiger partial charge is 0.389 e. The van der Waals surface area contributed by atoms with E-state index in [4.69, 9.17) is 4.74 Å². The predicted octanol–water partition coefficient (Wildman–Crippen LogP) is 1.01. The molecule has 0 aliphatic carbocycles. The number of carbonyl (C=O) groups is 1. The molecular formula is C16H19N3O3. The van der Waals surface area contributed by atoms with E-state index in [1.54, 1.807) is 17.0 Å². The number of benzene rings is 1. The molecule has 1 heterocycles. The molecule has 0 aliphatic rings. The van der Waals surface area contributed by atoms with Gasteiger partial charge in [-0.2, -0.15) is 5.10 Å². The summed E-state index contributed by atoms with van der Waals surface area (Å²) in [4.78, 5) is 11.6. The minimum absolute atomic E-state index is 0.153. The molecule has 116 valence electrons. The number of aliphatic hydroxyl groups excluding tert-OH is 1. The maximum absolute atomic E-state index is 11.6. The number of aromatic nitrogens is 2. The fraction of sp³-hybridized carbons (Fsp3) is 0.250. The third-order valence-corrected chi connectivity index (χ3v) is 2.92. The van der Waals surface area contributed by atoms with E-state index in [2.05, 4.69) is 10.4 Å². The fourth-order valence-corrected chi connectivity index (χ4v) is 1.85. The lowest BCUT2D eigenvalue weighted by molar-refractivity contribution is -0.117. The van der Waals surface area contributed by atoms with E-state index in [-0.39, 0.29) is 19.1 Å². The van der Waals surface area contributed by atoms with Crippen molar-refractivity contribution in [1.82, 2.24) is 15.1 Å². The molecule has 0 saturated heterocycles. The standard InChI is InChI=1S/C16H19N3O3/c1-22-12-15(20)10-17-16(21)8-7-13-9-18-19(11-13)14-5-3-2-4-6-14/h2-9,11,15,20H,10,12H2,1H3,(H,17,21)/b8-7+. The highest BCUT2D eigenvalue weighted by Gasteiger charge is 2.04. The molecule has 6 heteroatoms. The third kappa shape index (κ3) is 4.83. The number of nitrogens with zero attached hydrogens (tertiary/aromatic N) is 2. The van der Waals surface area contributed by atoms with Gasteiger partial charge in [-0.1, -0.05) is 18.2 Å². The summed E-state index contributed by atoms with van der Waals surface area (Å²) < 4.78 is 6.52. The molecule has 0 radical (unpaired) electrons. The summed E-state index contributed by atoms with van der Waals surface area (Å²) in [5.41, 5.74) is 1.77. The zero-order valence-electron chi connectivity index (χ0n) is 12.3. The minimum Gasteiger partial charge on any atom is -0.389 e. The predicted molar refractivity (Wildman–Crippen MR) is 83.5 cm³/mol. The van der Waals surface area contributed by atoms with Gasteiger partial charge >= 0.3 is 0 Å². The third-order valence-electron chi connectivity index (χ3n) is 2.92. The van der Waals surface area contributed by atoms with Crippen molar-refractivity contribution in [2.45, 2.75) is 6.10 Å². The number of amides is 1. The zero-order chi connectivity index (χ0) is 15.8. The number of para-hydroxylation sites is 1. The molecule has 1 aromatic heterocycles. The number of hydrogen-bond acceptors (Lipinski definition) is 4. The van der Waals surface area contributed by atoms with Crippen LogP contribution in [0.15, 0.2) is 48.8 Å². The van der Waals surface area contributed by atoms with E-state index < -0.39 is 6.10 Å². The van der Waals surface area contributed by atoms with E-state index in [0.29, 0.717) is 0 Å². The smallest absolute Gasteiger partial charge is 0.244 e. The SMILES string of the molecule is COCC(O)CNC(=O)/C=C/c1cnn(-c2ccccc2)c1. The molecule has 1 unspecified atom stereocenters. The topological polar surface area (TPSA) is 76.4 Å². The Kier molecular flexibility index (Phi) is 5.88. The van der Waals surface area contributed by atoms with Gasteiger partial charge in [0, 0.05) is 31.5 Å². The molecule has 0 aliphatic heterocycles. The Balaban J connectivity index is 1.88. The van der Waals surface area contributed by atoms with Gasteiger partial charge in [0.05, 0.1) is 24.6 Å². The van der Waals surface area contributed by atoms with Crippen molar-refractivity contribution in [2.24, 2.45) is 0 Å². The molecule has 1 amide bonds. The van der Waals surface area contributed by atoms with Gasteiger partial charge in [-0.05, 0) is 18.2 Å². The monoisotopic (exact) mass is 301 g/mol. The molecule has 0 spiro atoms. The van der Waals surface area contributed by atoms with Crippen LogP contribution in [0.5, 0.6) is 0 Å². The quantitative estimate of drug-likeness (QED) is 0.748. The molecule has 2 aromatic rings. The van der Waals surface area contributed by atoms with E-state index >= 15 is 0 Å². The van der Waals surface area contributed by atoms with Crippen LogP contribution in [0, 0.1) is 0 Å². The Hall–Kier alpha value is -2.44. The van der Waals surface area contributed by atoms with Crippen LogP contribution in [0.1, 0.15) is 5.56 Å². The van der Waals surface area contributed by atoms with Crippen LogP contribution in [-0.2, 0) is 9.53 Å². The van der Waals surface area contributed by atoms with Crippen LogP contribution in [0.3, 0.4) is 0 Å². The van der Waals surface area contributed by atoms with Gasteiger partial charge in [0.1, 0.15) is 0 Å². The highest BCUT2D eigenvalue weighted by molar-refractivity contribution is 5.91.